The van der Waals surface area contributed by atoms with Gasteiger partial charge < -0.3 is 4.90 Å². The molecule has 102 valence electrons. The van der Waals surface area contributed by atoms with Crippen molar-refractivity contribution in [2.45, 2.75) is 46.1 Å². The first-order valence-corrected chi connectivity index (χ1v) is 6.76. The summed E-state index contributed by atoms with van der Waals surface area (Å²) in [5, 5.41) is 0. The number of piperidine rings is 1. The van der Waals surface area contributed by atoms with Gasteiger partial charge in [-0.15, -0.1) is 0 Å². The predicted molar refractivity (Wildman–Crippen MR) is 75.3 cm³/mol. The summed E-state index contributed by atoms with van der Waals surface area (Å²) < 4.78 is 0. The molecule has 0 aromatic heterocycles. The molecule has 19 heavy (non-hydrogen) atoms. The van der Waals surface area contributed by atoms with Gasteiger partial charge in [0.05, 0.1) is 5.54 Å². The summed E-state index contributed by atoms with van der Waals surface area (Å²) >= 11 is 0. The van der Waals surface area contributed by atoms with Gasteiger partial charge in [-0.05, 0) is 45.7 Å². The summed E-state index contributed by atoms with van der Waals surface area (Å²) in [4.78, 5) is 26.4. The van der Waals surface area contributed by atoms with Crippen LogP contribution in [0.1, 0.15) is 48.2 Å². The van der Waals surface area contributed by atoms with E-state index < -0.39 is 5.54 Å². The van der Waals surface area contributed by atoms with Crippen LogP contribution in [0.15, 0.2) is 18.2 Å². The Morgan fingerprint density at radius 3 is 2.58 bits per heavy atom. The second-order valence-electron chi connectivity index (χ2n) is 5.86. The van der Waals surface area contributed by atoms with Crippen molar-refractivity contribution >= 4 is 11.7 Å². The number of nitrogens with zero attached hydrogens (tertiary/aromatic N) is 1. The number of likely N-dealkylation sites (tertiary alicyclic amines) is 1. The minimum Gasteiger partial charge on any atom is -0.326 e. The highest BCUT2D eigenvalue weighted by Gasteiger charge is 2.40. The fraction of sp³-hybridized carbons (Fsp3) is 0.500. The van der Waals surface area contributed by atoms with Crippen LogP contribution in [0.5, 0.6) is 0 Å². The number of Topliss-reactive ketones (excluding diaryl/α,β-unsaturated/α-hetero) is 1. The van der Waals surface area contributed by atoms with Gasteiger partial charge in [0.15, 0.2) is 5.78 Å². The minimum absolute atomic E-state index is 0.0319. The maximum Gasteiger partial charge on any atom is 0.254 e. The third-order valence-corrected chi connectivity index (χ3v) is 4.00. The molecule has 1 amide bonds. The molecule has 1 saturated heterocycles. The van der Waals surface area contributed by atoms with E-state index in [0.29, 0.717) is 18.5 Å². The van der Waals surface area contributed by atoms with E-state index in [4.69, 9.17) is 0 Å². The van der Waals surface area contributed by atoms with Crippen molar-refractivity contribution in [2.75, 3.05) is 6.54 Å². The van der Waals surface area contributed by atoms with Crippen molar-refractivity contribution in [2.24, 2.45) is 0 Å². The third kappa shape index (κ3) is 2.42. The molecule has 1 aliphatic rings. The Morgan fingerprint density at radius 2 is 1.95 bits per heavy atom. The van der Waals surface area contributed by atoms with Crippen molar-refractivity contribution in [3.05, 3.63) is 34.9 Å². The fourth-order valence-electron chi connectivity index (χ4n) is 2.69. The summed E-state index contributed by atoms with van der Waals surface area (Å²) in [6.07, 6.45) is 1.34. The fourth-order valence-corrected chi connectivity index (χ4v) is 2.69. The molecule has 3 nitrogen and oxygen atoms in total. The highest BCUT2D eigenvalue weighted by Crippen LogP contribution is 2.27. The zero-order valence-electron chi connectivity index (χ0n) is 12.1. The molecule has 1 aromatic rings. The Labute approximate surface area is 114 Å². The average molecular weight is 259 g/mol. The Morgan fingerprint density at radius 1 is 1.26 bits per heavy atom. The number of hydrogen-bond donors (Lipinski definition) is 0. The Bertz CT molecular complexity index is 532. The van der Waals surface area contributed by atoms with Crippen LogP contribution >= 0.6 is 0 Å². The van der Waals surface area contributed by atoms with Gasteiger partial charge in [-0.2, -0.15) is 0 Å². The quantitative estimate of drug-likeness (QED) is 0.777. The second-order valence-corrected chi connectivity index (χ2v) is 5.86. The summed E-state index contributed by atoms with van der Waals surface area (Å²) in [6, 6.07) is 5.81. The molecule has 0 unspecified atom stereocenters. The second kappa shape index (κ2) is 4.80. The maximum absolute atomic E-state index is 12.7. The molecule has 2 rings (SSSR count). The smallest absolute Gasteiger partial charge is 0.254 e. The van der Waals surface area contributed by atoms with Crippen LogP contribution in [-0.4, -0.2) is 28.7 Å². The minimum atomic E-state index is -0.688. The zero-order valence-corrected chi connectivity index (χ0v) is 12.1. The highest BCUT2D eigenvalue weighted by molar-refractivity contribution is 6.01. The topological polar surface area (TPSA) is 37.4 Å². The van der Waals surface area contributed by atoms with Crippen LogP contribution in [-0.2, 0) is 4.79 Å². The summed E-state index contributed by atoms with van der Waals surface area (Å²) in [5.74, 6) is 0.118. The van der Waals surface area contributed by atoms with E-state index in [1.807, 2.05) is 45.9 Å². The number of hydrogen-bond acceptors (Lipinski definition) is 2. The SMILES string of the molecule is Cc1ccc(C(=O)N2CCCC(=O)C2(C)C)c(C)c1. The van der Waals surface area contributed by atoms with E-state index in [0.717, 1.165) is 17.5 Å². The molecule has 0 bridgehead atoms. The van der Waals surface area contributed by atoms with Crippen LogP contribution in [0.25, 0.3) is 0 Å². The van der Waals surface area contributed by atoms with E-state index in [1.165, 1.54) is 0 Å². The first-order chi connectivity index (χ1) is 8.84. The van der Waals surface area contributed by atoms with Crippen LogP contribution in [0.2, 0.25) is 0 Å². The first-order valence-electron chi connectivity index (χ1n) is 6.76. The van der Waals surface area contributed by atoms with Gasteiger partial charge in [0.2, 0.25) is 0 Å². The molecule has 3 heteroatoms. The lowest BCUT2D eigenvalue weighted by atomic mass is 9.88. The molecule has 1 heterocycles. The standard InChI is InChI=1S/C16H21NO2/c1-11-7-8-13(12(2)10-11)15(19)17-9-5-6-14(18)16(17,3)4/h7-8,10H,5-6,9H2,1-4H3. The van der Waals surface area contributed by atoms with Gasteiger partial charge in [0.25, 0.3) is 5.91 Å². The number of carbonyl (C=O) groups excluding carboxylic acids is 2. The van der Waals surface area contributed by atoms with Crippen molar-refractivity contribution in [3.8, 4) is 0 Å². The molecular weight excluding hydrogens is 238 g/mol. The number of carbonyl (C=O) groups is 2. The van der Waals surface area contributed by atoms with Gasteiger partial charge >= 0.3 is 0 Å². The van der Waals surface area contributed by atoms with Crippen molar-refractivity contribution in [1.29, 1.82) is 0 Å². The van der Waals surface area contributed by atoms with Crippen LogP contribution in [0, 0.1) is 13.8 Å². The van der Waals surface area contributed by atoms with Crippen LogP contribution < -0.4 is 0 Å². The zero-order chi connectivity index (χ0) is 14.2. The van der Waals surface area contributed by atoms with Crippen molar-refractivity contribution in [3.63, 3.8) is 0 Å². The van der Waals surface area contributed by atoms with E-state index in [1.54, 1.807) is 4.90 Å². The van der Waals surface area contributed by atoms with E-state index >= 15 is 0 Å². The number of benzene rings is 1. The molecule has 0 spiro atoms. The lowest BCUT2D eigenvalue weighted by Crippen LogP contribution is -2.56. The van der Waals surface area contributed by atoms with Gasteiger partial charge in [0.1, 0.15) is 0 Å². The third-order valence-electron chi connectivity index (χ3n) is 4.00. The average Bonchev–Trinajstić information content (AvgIpc) is 2.32. The highest BCUT2D eigenvalue weighted by atomic mass is 16.2. The van der Waals surface area contributed by atoms with E-state index in [9.17, 15) is 9.59 Å². The number of rotatable bonds is 1. The Kier molecular flexibility index (Phi) is 3.48. The normalized spacial score (nSPS) is 18.5. The largest absolute Gasteiger partial charge is 0.326 e. The Balaban J connectivity index is 2.35. The molecule has 0 atom stereocenters. The van der Waals surface area contributed by atoms with E-state index in [-0.39, 0.29) is 11.7 Å². The first kappa shape index (κ1) is 13.8. The molecule has 1 fully saturated rings. The summed E-state index contributed by atoms with van der Waals surface area (Å²) in [6.45, 7) is 8.30. The summed E-state index contributed by atoms with van der Waals surface area (Å²) in [5.41, 5.74) is 2.13. The van der Waals surface area contributed by atoms with Crippen LogP contribution in [0.4, 0.5) is 0 Å². The maximum atomic E-state index is 12.7. The predicted octanol–water partition coefficient (Wildman–Crippen LogP) is 2.89. The molecule has 1 aliphatic heterocycles. The number of amides is 1. The molecule has 0 aliphatic carbocycles. The molecule has 0 N–H and O–H groups in total. The van der Waals surface area contributed by atoms with Crippen LogP contribution in [0.3, 0.4) is 0 Å². The number of ketones is 1. The van der Waals surface area contributed by atoms with Crippen molar-refractivity contribution < 1.29 is 9.59 Å². The molecular formula is C16H21NO2. The molecule has 1 aromatic carbocycles. The lowest BCUT2D eigenvalue weighted by molar-refractivity contribution is -0.130. The van der Waals surface area contributed by atoms with Crippen molar-refractivity contribution in [1.82, 2.24) is 4.90 Å². The molecule has 0 saturated carbocycles. The van der Waals surface area contributed by atoms with E-state index in [2.05, 4.69) is 0 Å². The number of aryl methyl sites for hydroxylation is 2. The molecule has 0 radical (unpaired) electrons. The van der Waals surface area contributed by atoms with Gasteiger partial charge in [0, 0.05) is 18.5 Å². The van der Waals surface area contributed by atoms with Gasteiger partial charge in [-0.25, -0.2) is 0 Å². The summed E-state index contributed by atoms with van der Waals surface area (Å²) in [7, 11) is 0. The van der Waals surface area contributed by atoms with Gasteiger partial charge in [-0.1, -0.05) is 17.7 Å². The lowest BCUT2D eigenvalue weighted by Gasteiger charge is -2.41. The monoisotopic (exact) mass is 259 g/mol. The van der Waals surface area contributed by atoms with Gasteiger partial charge in [-0.3, -0.25) is 9.59 Å². The Hall–Kier alpha value is -1.64.